The fraction of sp³-hybridized carbons (Fsp3) is 0.500. The Labute approximate surface area is 162 Å². The average Bonchev–Trinajstić information content (AvgIpc) is 2.66. The molecule has 0 unspecified atom stereocenters. The zero-order valence-electron chi connectivity index (χ0n) is 15.9. The smallest absolute Gasteiger partial charge is 0.341 e. The fourth-order valence-corrected chi connectivity index (χ4v) is 3.03. The Hall–Kier alpha value is -3.17. The van der Waals surface area contributed by atoms with Gasteiger partial charge in [0, 0.05) is 32.3 Å². The van der Waals surface area contributed by atoms with Gasteiger partial charge >= 0.3 is 12.0 Å². The minimum absolute atomic E-state index is 0.0385. The Kier molecular flexibility index (Phi) is 7.30. The van der Waals surface area contributed by atoms with E-state index >= 15 is 0 Å². The predicted octanol–water partition coefficient (Wildman–Crippen LogP) is 1.98. The van der Waals surface area contributed by atoms with E-state index in [1.54, 1.807) is 19.0 Å². The van der Waals surface area contributed by atoms with Crippen molar-refractivity contribution in [1.82, 2.24) is 10.6 Å². The number of urea groups is 1. The van der Waals surface area contributed by atoms with Gasteiger partial charge in [-0.2, -0.15) is 0 Å². The number of imide groups is 1. The van der Waals surface area contributed by atoms with Gasteiger partial charge in [-0.1, -0.05) is 19.3 Å². The van der Waals surface area contributed by atoms with Crippen molar-refractivity contribution >= 4 is 29.3 Å². The first-order valence-electron chi connectivity index (χ1n) is 9.01. The maximum absolute atomic E-state index is 12.3. The molecular formula is C18H24N4O6. The van der Waals surface area contributed by atoms with Crippen LogP contribution in [0.4, 0.5) is 16.2 Å². The summed E-state index contributed by atoms with van der Waals surface area (Å²) >= 11 is 0. The van der Waals surface area contributed by atoms with Crippen LogP contribution in [-0.4, -0.2) is 49.6 Å². The van der Waals surface area contributed by atoms with E-state index < -0.39 is 29.4 Å². The number of nitrogens with zero attached hydrogens (tertiary/aromatic N) is 2. The second-order valence-corrected chi connectivity index (χ2v) is 6.79. The molecule has 0 aromatic heterocycles. The number of amides is 3. The Morgan fingerprint density at radius 2 is 1.89 bits per heavy atom. The summed E-state index contributed by atoms with van der Waals surface area (Å²) in [5.74, 6) is -1.67. The van der Waals surface area contributed by atoms with Crippen molar-refractivity contribution in [3.8, 4) is 0 Å². The lowest BCUT2D eigenvalue weighted by Gasteiger charge is -2.22. The van der Waals surface area contributed by atoms with Gasteiger partial charge in [-0.25, -0.2) is 9.59 Å². The number of nitro benzene ring substituents is 1. The highest BCUT2D eigenvalue weighted by atomic mass is 16.6. The fourth-order valence-electron chi connectivity index (χ4n) is 3.03. The van der Waals surface area contributed by atoms with E-state index in [0.29, 0.717) is 5.69 Å². The summed E-state index contributed by atoms with van der Waals surface area (Å²) in [5, 5.41) is 15.8. The number of hydrogen-bond acceptors (Lipinski definition) is 7. The van der Waals surface area contributed by atoms with Crippen LogP contribution in [0.25, 0.3) is 0 Å². The minimum atomic E-state index is -0.893. The zero-order valence-corrected chi connectivity index (χ0v) is 15.9. The van der Waals surface area contributed by atoms with Gasteiger partial charge in [0.25, 0.3) is 11.6 Å². The number of anilines is 1. The highest BCUT2D eigenvalue weighted by Gasteiger charge is 2.21. The Balaban J connectivity index is 1.91. The first kappa shape index (κ1) is 21.1. The summed E-state index contributed by atoms with van der Waals surface area (Å²) in [6.45, 7) is -0.674. The molecule has 1 fully saturated rings. The van der Waals surface area contributed by atoms with Crippen LogP contribution in [0, 0.1) is 10.1 Å². The highest BCUT2D eigenvalue weighted by Crippen LogP contribution is 2.25. The lowest BCUT2D eigenvalue weighted by Crippen LogP contribution is -2.46. The molecule has 0 saturated heterocycles. The summed E-state index contributed by atoms with van der Waals surface area (Å²) in [4.78, 5) is 47.9. The second kappa shape index (κ2) is 9.67. The number of nitro groups is 1. The highest BCUT2D eigenvalue weighted by molar-refractivity contribution is 5.99. The molecule has 1 aliphatic rings. The summed E-state index contributed by atoms with van der Waals surface area (Å²) in [5.41, 5.74) is 0.0959. The van der Waals surface area contributed by atoms with Crippen LogP contribution < -0.4 is 15.5 Å². The van der Waals surface area contributed by atoms with E-state index in [9.17, 15) is 24.5 Å². The minimum Gasteiger partial charge on any atom is -0.452 e. The molecule has 0 heterocycles. The van der Waals surface area contributed by atoms with E-state index in [0.717, 1.165) is 38.2 Å². The van der Waals surface area contributed by atoms with Crippen molar-refractivity contribution in [3.63, 3.8) is 0 Å². The number of esters is 1. The monoisotopic (exact) mass is 392 g/mol. The van der Waals surface area contributed by atoms with Crippen LogP contribution in [-0.2, 0) is 9.53 Å². The number of rotatable bonds is 6. The van der Waals surface area contributed by atoms with E-state index in [1.165, 1.54) is 12.1 Å². The predicted molar refractivity (Wildman–Crippen MR) is 101 cm³/mol. The molecule has 1 saturated carbocycles. The summed E-state index contributed by atoms with van der Waals surface area (Å²) < 4.78 is 4.93. The van der Waals surface area contributed by atoms with Gasteiger partial charge in [-0.05, 0) is 18.9 Å². The standard InChI is InChI=1S/C18H24N4O6/c1-21(2)15-9-8-13(22(26)27)10-14(15)17(24)28-11-16(23)20-18(25)19-12-6-4-3-5-7-12/h8-10,12H,3-7,11H2,1-2H3,(H2,19,20,23,25). The van der Waals surface area contributed by atoms with Crippen molar-refractivity contribution in [2.75, 3.05) is 25.6 Å². The first-order chi connectivity index (χ1) is 13.3. The molecule has 0 radical (unpaired) electrons. The SMILES string of the molecule is CN(C)c1ccc([N+](=O)[O-])cc1C(=O)OCC(=O)NC(=O)NC1CCCCC1. The number of non-ortho nitro benzene ring substituents is 1. The molecule has 28 heavy (non-hydrogen) atoms. The molecule has 1 aliphatic carbocycles. The van der Waals surface area contributed by atoms with Crippen molar-refractivity contribution < 1.29 is 24.0 Å². The first-order valence-corrected chi connectivity index (χ1v) is 9.01. The largest absolute Gasteiger partial charge is 0.452 e. The van der Waals surface area contributed by atoms with Crippen molar-refractivity contribution in [2.24, 2.45) is 0 Å². The van der Waals surface area contributed by atoms with Gasteiger partial charge in [0.15, 0.2) is 6.61 Å². The van der Waals surface area contributed by atoms with E-state index in [4.69, 9.17) is 4.74 Å². The van der Waals surface area contributed by atoms with Crippen molar-refractivity contribution in [2.45, 2.75) is 38.1 Å². The maximum Gasteiger partial charge on any atom is 0.341 e. The summed E-state index contributed by atoms with van der Waals surface area (Å²) in [7, 11) is 3.33. The third-order valence-electron chi connectivity index (χ3n) is 4.42. The van der Waals surface area contributed by atoms with E-state index in [1.807, 2.05) is 0 Å². The van der Waals surface area contributed by atoms with Gasteiger partial charge < -0.3 is 15.0 Å². The van der Waals surface area contributed by atoms with Crippen molar-refractivity contribution in [3.05, 3.63) is 33.9 Å². The van der Waals surface area contributed by atoms with E-state index in [2.05, 4.69) is 10.6 Å². The molecule has 1 aromatic carbocycles. The van der Waals surface area contributed by atoms with Crippen molar-refractivity contribution in [1.29, 1.82) is 0 Å². The Morgan fingerprint density at radius 1 is 1.21 bits per heavy atom. The Morgan fingerprint density at radius 3 is 2.50 bits per heavy atom. The third kappa shape index (κ3) is 5.93. The molecule has 0 atom stereocenters. The quantitative estimate of drug-likeness (QED) is 0.430. The lowest BCUT2D eigenvalue weighted by molar-refractivity contribution is -0.384. The van der Waals surface area contributed by atoms with Crippen LogP contribution in [0.15, 0.2) is 18.2 Å². The van der Waals surface area contributed by atoms with Gasteiger partial charge in [0.05, 0.1) is 16.2 Å². The van der Waals surface area contributed by atoms with Crippen LogP contribution in [0.1, 0.15) is 42.5 Å². The normalized spacial score (nSPS) is 14.1. The molecule has 152 valence electrons. The summed E-state index contributed by atoms with van der Waals surface area (Å²) in [6.07, 6.45) is 4.95. The summed E-state index contributed by atoms with van der Waals surface area (Å²) in [6, 6.07) is 3.19. The Bertz CT molecular complexity index is 758. The average molecular weight is 392 g/mol. The molecule has 3 amide bonds. The van der Waals surface area contributed by atoms with Crippen LogP contribution in [0.2, 0.25) is 0 Å². The van der Waals surface area contributed by atoms with Crippen LogP contribution in [0.5, 0.6) is 0 Å². The molecule has 0 spiro atoms. The molecule has 0 bridgehead atoms. The van der Waals surface area contributed by atoms with Gasteiger partial charge in [-0.15, -0.1) is 0 Å². The van der Waals surface area contributed by atoms with E-state index in [-0.39, 0.29) is 17.3 Å². The third-order valence-corrected chi connectivity index (χ3v) is 4.42. The second-order valence-electron chi connectivity index (χ2n) is 6.79. The van der Waals surface area contributed by atoms with Crippen LogP contribution >= 0.6 is 0 Å². The number of carbonyl (C=O) groups excluding carboxylic acids is 3. The number of benzene rings is 1. The zero-order chi connectivity index (χ0) is 20.7. The maximum atomic E-state index is 12.3. The topological polar surface area (TPSA) is 131 Å². The lowest BCUT2D eigenvalue weighted by atomic mass is 9.96. The number of carbonyl (C=O) groups is 3. The number of ether oxygens (including phenoxy) is 1. The molecule has 1 aromatic rings. The molecule has 2 rings (SSSR count). The number of hydrogen-bond donors (Lipinski definition) is 2. The van der Waals surface area contributed by atoms with Gasteiger partial charge in [0.2, 0.25) is 0 Å². The van der Waals surface area contributed by atoms with Gasteiger partial charge in [0.1, 0.15) is 0 Å². The number of nitrogens with one attached hydrogen (secondary N) is 2. The molecule has 10 nitrogen and oxygen atoms in total. The molecular weight excluding hydrogens is 368 g/mol. The molecule has 10 heteroatoms. The molecule has 0 aliphatic heterocycles. The molecule has 2 N–H and O–H groups in total. The van der Waals surface area contributed by atoms with Gasteiger partial charge in [-0.3, -0.25) is 20.2 Å². The van der Waals surface area contributed by atoms with Crippen LogP contribution in [0.3, 0.4) is 0 Å².